The van der Waals surface area contributed by atoms with E-state index in [0.29, 0.717) is 6.42 Å². The standard InChI is InChI=1S/C63H49N/c1-4-22-55(49-37-39-58-50(43-49)36-35-48-27-18-19-32-56(48)58)45(3)64(53-38-40-57(46-23-10-6-11-24-46)60(44-53)47-25-12-7-13-26-47)42-41-62-54(5-2)59-33-20-21-34-61(59)63(62,51-28-14-8-15-29-51)52-30-16-9-17-31-52/h4-21,23-44,55H,1-3,22H2/b42-41+. The van der Waals surface area contributed by atoms with Gasteiger partial charge in [0.05, 0.1) is 5.41 Å². The first-order valence-corrected chi connectivity index (χ1v) is 22.1. The van der Waals surface area contributed by atoms with Crippen LogP contribution < -0.4 is 4.90 Å². The summed E-state index contributed by atoms with van der Waals surface area (Å²) in [5, 5.41) is 4.95. The minimum atomic E-state index is -0.611. The molecule has 306 valence electrons. The summed E-state index contributed by atoms with van der Waals surface area (Å²) in [5.41, 5.74) is 14.3. The van der Waals surface area contributed by atoms with E-state index in [-0.39, 0.29) is 5.92 Å². The Morgan fingerprint density at radius 3 is 1.77 bits per heavy atom. The van der Waals surface area contributed by atoms with E-state index >= 15 is 0 Å². The highest BCUT2D eigenvalue weighted by Gasteiger charge is 2.46. The molecule has 1 unspecified atom stereocenters. The molecule has 0 N–H and O–H groups in total. The maximum atomic E-state index is 5.01. The number of allylic oxidation sites excluding steroid dienone is 6. The second-order valence-electron chi connectivity index (χ2n) is 16.5. The second kappa shape index (κ2) is 17.4. The Morgan fingerprint density at radius 1 is 0.516 bits per heavy atom. The number of benzene rings is 9. The highest BCUT2D eigenvalue weighted by molar-refractivity contribution is 6.07. The number of fused-ring (bicyclic) bond motifs is 4. The lowest BCUT2D eigenvalue weighted by Crippen LogP contribution is -2.29. The van der Waals surface area contributed by atoms with Crippen LogP contribution in [0, 0.1) is 0 Å². The van der Waals surface area contributed by atoms with Crippen LogP contribution in [0.25, 0.3) is 49.4 Å². The van der Waals surface area contributed by atoms with E-state index in [2.05, 4.69) is 249 Å². The molecule has 1 atom stereocenters. The van der Waals surface area contributed by atoms with Crippen LogP contribution in [-0.4, -0.2) is 0 Å². The summed E-state index contributed by atoms with van der Waals surface area (Å²) < 4.78 is 0. The van der Waals surface area contributed by atoms with Crippen LogP contribution >= 0.6 is 0 Å². The van der Waals surface area contributed by atoms with Crippen molar-refractivity contribution in [1.82, 2.24) is 0 Å². The van der Waals surface area contributed by atoms with E-state index in [9.17, 15) is 0 Å². The molecule has 0 heterocycles. The van der Waals surface area contributed by atoms with E-state index in [1.54, 1.807) is 0 Å². The molecule has 9 aromatic carbocycles. The molecular weight excluding hydrogens is 771 g/mol. The zero-order valence-corrected chi connectivity index (χ0v) is 35.9. The molecule has 0 saturated carbocycles. The lowest BCUT2D eigenvalue weighted by atomic mass is 9.67. The number of anilines is 1. The van der Waals surface area contributed by atoms with Gasteiger partial charge in [-0.3, -0.25) is 0 Å². The Labute approximate surface area is 377 Å². The fourth-order valence-corrected chi connectivity index (χ4v) is 10.1. The molecule has 10 rings (SSSR count). The van der Waals surface area contributed by atoms with Crippen molar-refractivity contribution in [3.63, 3.8) is 0 Å². The van der Waals surface area contributed by atoms with Gasteiger partial charge in [-0.15, -0.1) is 6.58 Å². The average molecular weight is 820 g/mol. The van der Waals surface area contributed by atoms with Gasteiger partial charge in [-0.1, -0.05) is 232 Å². The third-order valence-corrected chi connectivity index (χ3v) is 13.1. The van der Waals surface area contributed by atoms with Gasteiger partial charge in [0, 0.05) is 23.5 Å². The third kappa shape index (κ3) is 7.02. The van der Waals surface area contributed by atoms with Crippen molar-refractivity contribution in [2.75, 3.05) is 4.90 Å². The Balaban J connectivity index is 1.19. The maximum Gasteiger partial charge on any atom is 0.0714 e. The fraction of sp³-hybridized carbons (Fsp3) is 0.0476. The Bertz CT molecular complexity index is 3190. The van der Waals surface area contributed by atoms with Gasteiger partial charge in [0.15, 0.2) is 0 Å². The third-order valence-electron chi connectivity index (χ3n) is 13.1. The van der Waals surface area contributed by atoms with Gasteiger partial charge in [0.2, 0.25) is 0 Å². The molecule has 1 aliphatic rings. The van der Waals surface area contributed by atoms with Crippen LogP contribution in [-0.2, 0) is 5.41 Å². The Hall–Kier alpha value is -8.00. The average Bonchev–Trinajstić information content (AvgIpc) is 3.66. The molecule has 0 fully saturated rings. The molecule has 0 radical (unpaired) electrons. The van der Waals surface area contributed by atoms with Crippen molar-refractivity contribution in [2.45, 2.75) is 17.8 Å². The predicted octanol–water partition coefficient (Wildman–Crippen LogP) is 16.5. The van der Waals surface area contributed by atoms with E-state index < -0.39 is 5.41 Å². The summed E-state index contributed by atoms with van der Waals surface area (Å²) in [4.78, 5) is 2.32. The largest absolute Gasteiger partial charge is 0.321 e. The van der Waals surface area contributed by atoms with Crippen LogP contribution in [0.15, 0.2) is 274 Å². The van der Waals surface area contributed by atoms with Crippen molar-refractivity contribution in [3.05, 3.63) is 302 Å². The van der Waals surface area contributed by atoms with Crippen molar-refractivity contribution in [1.29, 1.82) is 0 Å². The number of hydrogen-bond acceptors (Lipinski definition) is 1. The summed E-state index contributed by atoms with van der Waals surface area (Å²) in [6, 6.07) is 78.9. The van der Waals surface area contributed by atoms with Crippen LogP contribution in [0.1, 0.15) is 40.2 Å². The lowest BCUT2D eigenvalue weighted by Gasteiger charge is -2.35. The molecule has 1 aliphatic carbocycles. The maximum absolute atomic E-state index is 5.01. The molecule has 0 spiro atoms. The van der Waals surface area contributed by atoms with E-state index in [1.165, 1.54) is 60.5 Å². The van der Waals surface area contributed by atoms with Gasteiger partial charge in [-0.05, 0) is 107 Å². The molecule has 0 aromatic heterocycles. The topological polar surface area (TPSA) is 3.24 Å². The molecule has 0 bridgehead atoms. The molecule has 0 amide bonds. The molecule has 1 nitrogen and oxygen atoms in total. The van der Waals surface area contributed by atoms with Crippen LogP contribution in [0.3, 0.4) is 0 Å². The summed E-state index contributed by atoms with van der Waals surface area (Å²) in [6.07, 6.45) is 9.35. The normalized spacial score (nSPS) is 13.5. The first-order valence-electron chi connectivity index (χ1n) is 22.1. The molecule has 0 saturated heterocycles. The first-order chi connectivity index (χ1) is 31.6. The van der Waals surface area contributed by atoms with Crippen molar-refractivity contribution >= 4 is 32.8 Å². The highest BCUT2D eigenvalue weighted by Crippen LogP contribution is 2.55. The quantitative estimate of drug-likeness (QED) is 0.0827. The summed E-state index contributed by atoms with van der Waals surface area (Å²) in [6.45, 7) is 13.7. The minimum Gasteiger partial charge on any atom is -0.321 e. The number of hydrogen-bond donors (Lipinski definition) is 0. The van der Waals surface area contributed by atoms with Gasteiger partial charge in [-0.25, -0.2) is 0 Å². The van der Waals surface area contributed by atoms with Crippen LogP contribution in [0.5, 0.6) is 0 Å². The second-order valence-corrected chi connectivity index (χ2v) is 16.5. The molecule has 9 aromatic rings. The summed E-state index contributed by atoms with van der Waals surface area (Å²) in [5.74, 6) is -0.0753. The van der Waals surface area contributed by atoms with Gasteiger partial charge in [0.1, 0.15) is 0 Å². The van der Waals surface area contributed by atoms with Gasteiger partial charge in [-0.2, -0.15) is 0 Å². The Kier molecular flexibility index (Phi) is 10.9. The van der Waals surface area contributed by atoms with Crippen molar-refractivity contribution in [3.8, 4) is 22.3 Å². The number of rotatable bonds is 13. The molecule has 0 aliphatic heterocycles. The number of nitrogens with zero attached hydrogens (tertiary/aromatic N) is 1. The predicted molar refractivity (Wildman–Crippen MR) is 273 cm³/mol. The zero-order chi connectivity index (χ0) is 43.5. The SMILES string of the molecule is C=CCC(C(=C)N(/C=C/C1=C(C=C)c2ccccc2C1(c1ccccc1)c1ccccc1)c1ccc(-c2ccccc2)c(-c2ccccc2)c1)c1ccc2c(ccc3ccccc32)c1. The van der Waals surface area contributed by atoms with Crippen molar-refractivity contribution in [2.24, 2.45) is 0 Å². The fourth-order valence-electron chi connectivity index (χ4n) is 10.1. The van der Waals surface area contributed by atoms with Crippen LogP contribution in [0.4, 0.5) is 5.69 Å². The first kappa shape index (κ1) is 40.1. The monoisotopic (exact) mass is 819 g/mol. The smallest absolute Gasteiger partial charge is 0.0714 e. The molecule has 1 heteroatoms. The van der Waals surface area contributed by atoms with Gasteiger partial charge < -0.3 is 4.90 Å². The van der Waals surface area contributed by atoms with Gasteiger partial charge in [0.25, 0.3) is 0 Å². The molecular formula is C63H49N. The van der Waals surface area contributed by atoms with Gasteiger partial charge >= 0.3 is 0 Å². The van der Waals surface area contributed by atoms with Crippen LogP contribution in [0.2, 0.25) is 0 Å². The Morgan fingerprint density at radius 2 is 1.09 bits per heavy atom. The highest BCUT2D eigenvalue weighted by atomic mass is 15.1. The van der Waals surface area contributed by atoms with E-state index in [1.807, 2.05) is 12.2 Å². The van der Waals surface area contributed by atoms with E-state index in [4.69, 9.17) is 6.58 Å². The van der Waals surface area contributed by atoms with E-state index in [0.717, 1.165) is 33.7 Å². The summed E-state index contributed by atoms with van der Waals surface area (Å²) in [7, 11) is 0. The lowest BCUT2D eigenvalue weighted by molar-refractivity contribution is 0.758. The summed E-state index contributed by atoms with van der Waals surface area (Å²) >= 11 is 0. The molecule has 64 heavy (non-hydrogen) atoms. The van der Waals surface area contributed by atoms with Crippen molar-refractivity contribution < 1.29 is 0 Å². The minimum absolute atomic E-state index is 0.0753. The zero-order valence-electron chi connectivity index (χ0n) is 35.9.